The molecule has 0 saturated carbocycles. The maximum absolute atomic E-state index is 10.9. The minimum absolute atomic E-state index is 0.244. The first-order valence-corrected chi connectivity index (χ1v) is 6.10. The third-order valence-corrected chi connectivity index (χ3v) is 2.28. The molecule has 0 aliphatic heterocycles. The molecule has 1 aromatic heterocycles. The molecule has 0 spiro atoms. The van der Waals surface area contributed by atoms with Crippen molar-refractivity contribution in [1.29, 1.82) is 0 Å². The maximum atomic E-state index is 10.9. The molecule has 5 nitrogen and oxygen atoms in total. The Kier molecular flexibility index (Phi) is 6.14. The van der Waals surface area contributed by atoms with E-state index >= 15 is 0 Å². The molecule has 1 aromatic rings. The van der Waals surface area contributed by atoms with E-state index < -0.39 is 5.97 Å². The zero-order chi connectivity index (χ0) is 13.4. The van der Waals surface area contributed by atoms with Crippen molar-refractivity contribution in [2.75, 3.05) is 25.1 Å². The third kappa shape index (κ3) is 5.14. The van der Waals surface area contributed by atoms with E-state index in [1.54, 1.807) is 0 Å². The number of rotatable bonds is 8. The Morgan fingerprint density at radius 1 is 1.56 bits per heavy atom. The second-order valence-corrected chi connectivity index (χ2v) is 4.48. The van der Waals surface area contributed by atoms with Crippen LogP contribution in [-0.4, -0.2) is 35.8 Å². The Morgan fingerprint density at radius 3 is 3.00 bits per heavy atom. The summed E-state index contributed by atoms with van der Waals surface area (Å²) < 4.78 is 5.44. The number of carboxylic acids is 1. The van der Waals surface area contributed by atoms with Crippen molar-refractivity contribution in [1.82, 2.24) is 4.98 Å². The molecule has 0 unspecified atom stereocenters. The molecule has 0 aromatic carbocycles. The van der Waals surface area contributed by atoms with Crippen molar-refractivity contribution < 1.29 is 14.6 Å². The van der Waals surface area contributed by atoms with Gasteiger partial charge in [0.25, 0.3) is 0 Å². The van der Waals surface area contributed by atoms with Gasteiger partial charge in [-0.25, -0.2) is 4.79 Å². The van der Waals surface area contributed by atoms with Gasteiger partial charge in [0.15, 0.2) is 0 Å². The number of hydrogen-bond acceptors (Lipinski definition) is 4. The Morgan fingerprint density at radius 2 is 2.33 bits per heavy atom. The highest BCUT2D eigenvalue weighted by Gasteiger charge is 2.08. The number of carboxylic acid groups (broad SMARTS) is 1. The van der Waals surface area contributed by atoms with Gasteiger partial charge >= 0.3 is 5.97 Å². The van der Waals surface area contributed by atoms with Gasteiger partial charge in [-0.2, -0.15) is 0 Å². The van der Waals surface area contributed by atoms with Crippen molar-refractivity contribution in [2.45, 2.75) is 20.3 Å². The fourth-order valence-corrected chi connectivity index (χ4v) is 1.44. The summed E-state index contributed by atoms with van der Waals surface area (Å²) in [5.74, 6) is -0.411. The first-order valence-electron chi connectivity index (χ1n) is 6.10. The fraction of sp³-hybridized carbons (Fsp3) is 0.538. The van der Waals surface area contributed by atoms with Gasteiger partial charge in [0.1, 0.15) is 0 Å². The van der Waals surface area contributed by atoms with Crippen LogP contribution in [0.3, 0.4) is 0 Å². The summed E-state index contributed by atoms with van der Waals surface area (Å²) in [5, 5.41) is 12.0. The van der Waals surface area contributed by atoms with E-state index in [0.717, 1.165) is 13.0 Å². The highest BCUT2D eigenvalue weighted by Crippen LogP contribution is 2.12. The lowest BCUT2D eigenvalue weighted by Crippen LogP contribution is -2.11. The van der Waals surface area contributed by atoms with Crippen LogP contribution in [0.2, 0.25) is 0 Å². The smallest absolute Gasteiger partial charge is 0.337 e. The van der Waals surface area contributed by atoms with E-state index in [4.69, 9.17) is 9.84 Å². The summed E-state index contributed by atoms with van der Waals surface area (Å²) in [7, 11) is 0. The van der Waals surface area contributed by atoms with Gasteiger partial charge in [-0.15, -0.1) is 0 Å². The average molecular weight is 252 g/mol. The van der Waals surface area contributed by atoms with Crippen LogP contribution in [0.25, 0.3) is 0 Å². The lowest BCUT2D eigenvalue weighted by atomic mass is 10.2. The minimum Gasteiger partial charge on any atom is -0.478 e. The van der Waals surface area contributed by atoms with E-state index in [0.29, 0.717) is 24.8 Å². The molecule has 0 atom stereocenters. The van der Waals surface area contributed by atoms with Crippen molar-refractivity contribution in [3.8, 4) is 0 Å². The Balaban J connectivity index is 2.29. The predicted octanol–water partition coefficient (Wildman–Crippen LogP) is 2.25. The molecule has 0 amide bonds. The van der Waals surface area contributed by atoms with Crippen LogP contribution < -0.4 is 5.32 Å². The summed E-state index contributed by atoms with van der Waals surface area (Å²) in [6.07, 6.45) is 3.83. The summed E-state index contributed by atoms with van der Waals surface area (Å²) in [6.45, 7) is 6.31. The van der Waals surface area contributed by atoms with E-state index in [9.17, 15) is 4.79 Å². The van der Waals surface area contributed by atoms with Crippen LogP contribution >= 0.6 is 0 Å². The summed E-state index contributed by atoms with van der Waals surface area (Å²) in [5.41, 5.74) is 0.793. The second-order valence-electron chi connectivity index (χ2n) is 4.48. The largest absolute Gasteiger partial charge is 0.478 e. The molecule has 0 radical (unpaired) electrons. The van der Waals surface area contributed by atoms with E-state index in [-0.39, 0.29) is 5.56 Å². The minimum atomic E-state index is -0.948. The van der Waals surface area contributed by atoms with Gasteiger partial charge in [-0.1, -0.05) is 13.8 Å². The number of anilines is 1. The fourth-order valence-electron chi connectivity index (χ4n) is 1.44. The molecule has 2 N–H and O–H groups in total. The van der Waals surface area contributed by atoms with Gasteiger partial charge < -0.3 is 15.2 Å². The number of hydrogen-bond donors (Lipinski definition) is 2. The van der Waals surface area contributed by atoms with Crippen LogP contribution in [-0.2, 0) is 4.74 Å². The number of ether oxygens (including phenoxy) is 1. The summed E-state index contributed by atoms with van der Waals surface area (Å²) >= 11 is 0. The first kappa shape index (κ1) is 14.4. The Bertz CT molecular complexity index is 380. The third-order valence-electron chi connectivity index (χ3n) is 2.28. The van der Waals surface area contributed by atoms with Crippen LogP contribution in [0.1, 0.15) is 30.6 Å². The highest BCUT2D eigenvalue weighted by molar-refractivity contribution is 5.93. The van der Waals surface area contributed by atoms with E-state index in [2.05, 4.69) is 24.1 Å². The van der Waals surface area contributed by atoms with Crippen LogP contribution in [0.15, 0.2) is 18.5 Å². The topological polar surface area (TPSA) is 71.5 Å². The number of aromatic carboxylic acids is 1. The van der Waals surface area contributed by atoms with Crippen molar-refractivity contribution in [2.24, 2.45) is 5.92 Å². The van der Waals surface area contributed by atoms with Gasteiger partial charge in [0.05, 0.1) is 17.4 Å². The van der Waals surface area contributed by atoms with E-state index in [1.807, 2.05) is 0 Å². The van der Waals surface area contributed by atoms with Gasteiger partial charge in [-0.3, -0.25) is 4.98 Å². The molecule has 1 rings (SSSR count). The second kappa shape index (κ2) is 7.66. The van der Waals surface area contributed by atoms with Crippen molar-refractivity contribution in [3.63, 3.8) is 0 Å². The standard InChI is InChI=1S/C13H20N2O3/c1-10(2)9-18-7-3-5-15-12-8-14-6-4-11(12)13(16)17/h4,6,8,10,15H,3,5,7,9H2,1-2H3,(H,16,17). The monoisotopic (exact) mass is 252 g/mol. The molecule has 0 fully saturated rings. The zero-order valence-electron chi connectivity index (χ0n) is 10.8. The molecule has 100 valence electrons. The summed E-state index contributed by atoms with van der Waals surface area (Å²) in [6, 6.07) is 1.49. The summed E-state index contributed by atoms with van der Waals surface area (Å²) in [4.78, 5) is 14.8. The molecule has 0 aliphatic rings. The quantitative estimate of drug-likeness (QED) is 0.694. The first-order chi connectivity index (χ1) is 8.61. The van der Waals surface area contributed by atoms with Crippen LogP contribution in [0, 0.1) is 5.92 Å². The lowest BCUT2D eigenvalue weighted by Gasteiger charge is -2.09. The molecule has 18 heavy (non-hydrogen) atoms. The van der Waals surface area contributed by atoms with E-state index in [1.165, 1.54) is 18.5 Å². The maximum Gasteiger partial charge on any atom is 0.337 e. The number of nitrogens with one attached hydrogen (secondary N) is 1. The molecular weight excluding hydrogens is 232 g/mol. The van der Waals surface area contributed by atoms with Gasteiger partial charge in [0.2, 0.25) is 0 Å². The molecule has 0 bridgehead atoms. The zero-order valence-corrected chi connectivity index (χ0v) is 10.8. The van der Waals surface area contributed by atoms with Crippen LogP contribution in [0.5, 0.6) is 0 Å². The molecule has 1 heterocycles. The average Bonchev–Trinajstić information content (AvgIpc) is 2.33. The lowest BCUT2D eigenvalue weighted by molar-refractivity contribution is 0.0698. The Hall–Kier alpha value is -1.62. The predicted molar refractivity (Wildman–Crippen MR) is 70.0 cm³/mol. The number of carbonyl (C=O) groups is 1. The highest BCUT2D eigenvalue weighted by atomic mass is 16.5. The number of nitrogens with zero attached hydrogens (tertiary/aromatic N) is 1. The number of pyridine rings is 1. The normalized spacial score (nSPS) is 10.6. The molecule has 5 heteroatoms. The molecular formula is C13H20N2O3. The van der Waals surface area contributed by atoms with Crippen LogP contribution in [0.4, 0.5) is 5.69 Å². The molecule has 0 saturated heterocycles. The van der Waals surface area contributed by atoms with Crippen molar-refractivity contribution >= 4 is 11.7 Å². The van der Waals surface area contributed by atoms with Crippen molar-refractivity contribution in [3.05, 3.63) is 24.0 Å². The Labute approximate surface area is 107 Å². The van der Waals surface area contributed by atoms with Gasteiger partial charge in [0, 0.05) is 26.0 Å². The number of aromatic nitrogens is 1. The molecule has 0 aliphatic carbocycles. The SMILES string of the molecule is CC(C)COCCCNc1cnccc1C(=O)O. The van der Waals surface area contributed by atoms with Gasteiger partial charge in [-0.05, 0) is 18.4 Å².